The van der Waals surface area contributed by atoms with Crippen LogP contribution in [0.3, 0.4) is 0 Å². The number of carbonyl (C=O) groups is 1. The fraction of sp³-hybridized carbons (Fsp3) is 0.556. The van der Waals surface area contributed by atoms with E-state index in [1.807, 2.05) is 32.0 Å². The van der Waals surface area contributed by atoms with E-state index in [2.05, 4.69) is 15.3 Å². The summed E-state index contributed by atoms with van der Waals surface area (Å²) in [6, 6.07) is 5.89. The second-order valence-corrected chi connectivity index (χ2v) is 6.95. The molecule has 1 amide bonds. The summed E-state index contributed by atoms with van der Waals surface area (Å²) in [6.45, 7) is 4.96. The molecule has 0 saturated carbocycles. The van der Waals surface area contributed by atoms with Crippen LogP contribution in [0.15, 0.2) is 30.6 Å². The average molecular weight is 343 g/mol. The minimum absolute atomic E-state index is 0.0417. The number of β-amino-alcohol motifs (C(OH)–C–C–N with tert-alkyl or cyclic N) is 1. The Labute approximate surface area is 147 Å². The highest BCUT2D eigenvalue weighted by molar-refractivity contribution is 5.76. The molecule has 1 N–H and O–H groups in total. The maximum absolute atomic E-state index is 12.5. The van der Waals surface area contributed by atoms with Crippen LogP contribution in [-0.2, 0) is 16.8 Å². The number of rotatable bonds is 5. The lowest BCUT2D eigenvalue weighted by Crippen LogP contribution is -2.48. The number of amides is 1. The van der Waals surface area contributed by atoms with E-state index in [1.165, 1.54) is 0 Å². The van der Waals surface area contributed by atoms with E-state index >= 15 is 0 Å². The van der Waals surface area contributed by atoms with Crippen molar-refractivity contribution in [3.63, 3.8) is 0 Å². The minimum atomic E-state index is -1.12. The molecule has 1 aliphatic heterocycles. The monoisotopic (exact) mass is 343 g/mol. The third-order valence-corrected chi connectivity index (χ3v) is 4.66. The number of piperidine rings is 1. The van der Waals surface area contributed by atoms with Crippen LogP contribution in [-0.4, -0.2) is 49.0 Å². The molecular weight excluding hydrogens is 318 g/mol. The van der Waals surface area contributed by atoms with Crippen molar-refractivity contribution in [3.8, 4) is 0 Å². The zero-order valence-electron chi connectivity index (χ0n) is 14.8. The van der Waals surface area contributed by atoms with Crippen LogP contribution in [0, 0.1) is 0 Å². The molecule has 1 saturated heterocycles. The molecule has 3 rings (SSSR count). The number of likely N-dealkylation sites (tertiary alicyclic amines) is 1. The maximum Gasteiger partial charge on any atom is 0.223 e. The van der Waals surface area contributed by atoms with Gasteiger partial charge in [0.2, 0.25) is 5.91 Å². The van der Waals surface area contributed by atoms with Crippen LogP contribution in [0.5, 0.6) is 0 Å². The van der Waals surface area contributed by atoms with Crippen molar-refractivity contribution in [1.29, 1.82) is 0 Å². The fourth-order valence-electron chi connectivity index (χ4n) is 3.14. The Hall–Kier alpha value is -2.28. The highest BCUT2D eigenvalue weighted by Gasteiger charge is 2.39. The van der Waals surface area contributed by atoms with Gasteiger partial charge >= 0.3 is 0 Å². The second kappa shape index (κ2) is 7.31. The van der Waals surface area contributed by atoms with Crippen molar-refractivity contribution < 1.29 is 9.90 Å². The lowest BCUT2D eigenvalue weighted by atomic mass is 9.89. The summed E-state index contributed by atoms with van der Waals surface area (Å²) in [5.74, 6) is 0.0417. The van der Waals surface area contributed by atoms with Gasteiger partial charge in [-0.15, -0.1) is 5.10 Å². The summed E-state index contributed by atoms with van der Waals surface area (Å²) in [6.07, 6.45) is 5.86. The highest BCUT2D eigenvalue weighted by Crippen LogP contribution is 2.30. The third kappa shape index (κ3) is 4.04. The predicted molar refractivity (Wildman–Crippen MR) is 92.7 cm³/mol. The summed E-state index contributed by atoms with van der Waals surface area (Å²) in [5, 5.41) is 19.2. The van der Waals surface area contributed by atoms with Crippen molar-refractivity contribution in [2.45, 2.75) is 51.2 Å². The number of nitrogens with zero attached hydrogens (tertiary/aromatic N) is 5. The normalized spacial score (nSPS) is 20.9. The molecule has 0 aliphatic carbocycles. The summed E-state index contributed by atoms with van der Waals surface area (Å²) in [7, 11) is 0. The molecule has 2 aromatic heterocycles. The van der Waals surface area contributed by atoms with E-state index in [0.717, 1.165) is 12.1 Å². The van der Waals surface area contributed by atoms with Gasteiger partial charge in [0.25, 0.3) is 0 Å². The summed E-state index contributed by atoms with van der Waals surface area (Å²) in [4.78, 5) is 18.5. The van der Waals surface area contributed by atoms with Crippen molar-refractivity contribution in [2.24, 2.45) is 0 Å². The zero-order valence-corrected chi connectivity index (χ0v) is 14.8. The van der Waals surface area contributed by atoms with Crippen LogP contribution in [0.1, 0.15) is 50.5 Å². The van der Waals surface area contributed by atoms with Crippen molar-refractivity contribution in [2.75, 3.05) is 13.1 Å². The van der Waals surface area contributed by atoms with Crippen LogP contribution < -0.4 is 0 Å². The minimum Gasteiger partial charge on any atom is -0.382 e. The molecule has 0 bridgehead atoms. The number of hydrogen-bond acceptors (Lipinski definition) is 5. The smallest absolute Gasteiger partial charge is 0.223 e. The van der Waals surface area contributed by atoms with Crippen LogP contribution in [0.2, 0.25) is 0 Å². The predicted octanol–water partition coefficient (Wildman–Crippen LogP) is 1.70. The van der Waals surface area contributed by atoms with Gasteiger partial charge in [0.15, 0.2) is 0 Å². The van der Waals surface area contributed by atoms with Gasteiger partial charge in [0.1, 0.15) is 11.3 Å². The molecule has 7 heteroatoms. The van der Waals surface area contributed by atoms with Gasteiger partial charge in [0.05, 0.1) is 12.7 Å². The quantitative estimate of drug-likeness (QED) is 0.893. The number of pyridine rings is 1. The first kappa shape index (κ1) is 17.5. The number of aliphatic hydroxyl groups is 1. The number of hydrogen-bond donors (Lipinski definition) is 1. The zero-order chi connectivity index (χ0) is 17.9. The molecule has 0 radical (unpaired) electrons. The molecule has 1 aliphatic rings. The fourth-order valence-corrected chi connectivity index (χ4v) is 3.14. The molecule has 2 aromatic rings. The number of carbonyl (C=O) groups excluding carboxylic acids is 1. The molecule has 1 atom stereocenters. The summed E-state index contributed by atoms with van der Waals surface area (Å²) >= 11 is 0. The van der Waals surface area contributed by atoms with Crippen LogP contribution >= 0.6 is 0 Å². The van der Waals surface area contributed by atoms with Gasteiger partial charge < -0.3 is 10.0 Å². The number of aryl methyl sites for hydroxylation is 1. The van der Waals surface area contributed by atoms with Gasteiger partial charge in [0, 0.05) is 30.9 Å². The summed E-state index contributed by atoms with van der Waals surface area (Å²) < 4.78 is 1.73. The lowest BCUT2D eigenvalue weighted by molar-refractivity contribution is -0.139. The third-order valence-electron chi connectivity index (χ3n) is 4.66. The average Bonchev–Trinajstić information content (AvgIpc) is 3.12. The molecule has 1 unspecified atom stereocenters. The Morgan fingerprint density at radius 2 is 2.24 bits per heavy atom. The van der Waals surface area contributed by atoms with E-state index in [0.29, 0.717) is 31.5 Å². The molecule has 134 valence electrons. The molecule has 0 spiro atoms. The molecule has 7 nitrogen and oxygen atoms in total. The highest BCUT2D eigenvalue weighted by atomic mass is 16.3. The first-order valence-corrected chi connectivity index (χ1v) is 8.80. The molecule has 1 fully saturated rings. The van der Waals surface area contributed by atoms with Crippen molar-refractivity contribution in [1.82, 2.24) is 24.9 Å². The van der Waals surface area contributed by atoms with Crippen molar-refractivity contribution in [3.05, 3.63) is 42.0 Å². The first-order chi connectivity index (χ1) is 12.0. The Morgan fingerprint density at radius 3 is 2.92 bits per heavy atom. The second-order valence-electron chi connectivity index (χ2n) is 6.95. The van der Waals surface area contributed by atoms with E-state index in [-0.39, 0.29) is 18.5 Å². The van der Waals surface area contributed by atoms with E-state index in [1.54, 1.807) is 22.0 Å². The molecule has 0 aromatic carbocycles. The molecule has 3 heterocycles. The van der Waals surface area contributed by atoms with Gasteiger partial charge in [-0.1, -0.05) is 11.3 Å². The topological polar surface area (TPSA) is 84.1 Å². The van der Waals surface area contributed by atoms with E-state index in [4.69, 9.17) is 0 Å². The van der Waals surface area contributed by atoms with E-state index in [9.17, 15) is 9.90 Å². The van der Waals surface area contributed by atoms with Gasteiger partial charge in [-0.3, -0.25) is 9.78 Å². The largest absolute Gasteiger partial charge is 0.382 e. The molecule has 25 heavy (non-hydrogen) atoms. The van der Waals surface area contributed by atoms with Crippen LogP contribution in [0.25, 0.3) is 0 Å². The maximum atomic E-state index is 12.5. The molecular formula is C18H25N5O2. The Morgan fingerprint density at radius 1 is 1.40 bits per heavy atom. The van der Waals surface area contributed by atoms with Crippen molar-refractivity contribution >= 4 is 5.91 Å². The lowest BCUT2D eigenvalue weighted by Gasteiger charge is -2.38. The van der Waals surface area contributed by atoms with Gasteiger partial charge in [-0.2, -0.15) is 0 Å². The standard InChI is InChI=1S/C18H25N5O2/c1-14(2)23-12-16(20-21-23)18(25)9-5-11-22(13-18)17(24)8-7-15-6-3-4-10-19-15/h3-4,6,10,12,14,25H,5,7-9,11,13H2,1-2H3. The Bertz CT molecular complexity index is 715. The summed E-state index contributed by atoms with van der Waals surface area (Å²) in [5.41, 5.74) is 0.331. The van der Waals surface area contributed by atoms with Gasteiger partial charge in [-0.25, -0.2) is 4.68 Å². The SMILES string of the molecule is CC(C)n1cc(C2(O)CCCN(C(=O)CCc3ccccn3)C2)nn1. The van der Waals surface area contributed by atoms with Crippen LogP contribution in [0.4, 0.5) is 0 Å². The van der Waals surface area contributed by atoms with Gasteiger partial charge in [-0.05, 0) is 45.2 Å². The van der Waals surface area contributed by atoms with E-state index < -0.39 is 5.60 Å². The first-order valence-electron chi connectivity index (χ1n) is 8.80. The Balaban J connectivity index is 1.64. The number of aromatic nitrogens is 4. The Kier molecular flexibility index (Phi) is 5.13.